The number of H-pyrrole nitrogens is 1. The molecule has 0 unspecified atom stereocenters. The third-order valence-corrected chi connectivity index (χ3v) is 4.15. The van der Waals surface area contributed by atoms with Gasteiger partial charge in [0.2, 0.25) is 5.91 Å². The second-order valence-corrected chi connectivity index (χ2v) is 5.92. The van der Waals surface area contributed by atoms with E-state index in [0.29, 0.717) is 31.8 Å². The number of morpholine rings is 1. The molecule has 2 heterocycles. The molecule has 1 aromatic carbocycles. The van der Waals surface area contributed by atoms with E-state index in [1.165, 1.54) is 12.1 Å². The van der Waals surface area contributed by atoms with Crippen molar-refractivity contribution in [1.29, 1.82) is 0 Å². The SMILES string of the molecule is CC(C)(C(=O)N1CCOCC1)c1c[nH]c2cc(F)ccc12. The van der Waals surface area contributed by atoms with Gasteiger partial charge in [-0.1, -0.05) is 0 Å². The number of carbonyl (C=O) groups excluding carboxylic acids is 1. The summed E-state index contributed by atoms with van der Waals surface area (Å²) in [7, 11) is 0. The number of halogens is 1. The second-order valence-electron chi connectivity index (χ2n) is 5.92. The third kappa shape index (κ3) is 2.42. The van der Waals surface area contributed by atoms with Crippen molar-refractivity contribution in [3.8, 4) is 0 Å². The standard InChI is InChI=1S/C16H19FN2O2/c1-16(2,15(20)19-5-7-21-8-6-19)13-10-18-14-9-11(17)3-4-12(13)14/h3-4,9-10,18H,5-8H2,1-2H3. The van der Waals surface area contributed by atoms with Crippen molar-refractivity contribution in [1.82, 2.24) is 9.88 Å². The van der Waals surface area contributed by atoms with Crippen molar-refractivity contribution < 1.29 is 13.9 Å². The summed E-state index contributed by atoms with van der Waals surface area (Å²) >= 11 is 0. The summed E-state index contributed by atoms with van der Waals surface area (Å²) in [5.41, 5.74) is 0.954. The van der Waals surface area contributed by atoms with Crippen molar-refractivity contribution in [3.05, 3.63) is 35.8 Å². The number of aromatic nitrogens is 1. The predicted octanol–water partition coefficient (Wildman–Crippen LogP) is 2.44. The Morgan fingerprint density at radius 1 is 1.33 bits per heavy atom. The number of rotatable bonds is 2. The van der Waals surface area contributed by atoms with Crippen molar-refractivity contribution >= 4 is 16.8 Å². The molecule has 0 aliphatic carbocycles. The Hall–Kier alpha value is -1.88. The van der Waals surface area contributed by atoms with Crippen LogP contribution in [0, 0.1) is 5.82 Å². The highest BCUT2D eigenvalue weighted by atomic mass is 19.1. The number of nitrogens with one attached hydrogen (secondary N) is 1. The Balaban J connectivity index is 1.97. The molecule has 3 rings (SSSR count). The minimum Gasteiger partial charge on any atom is -0.378 e. The summed E-state index contributed by atoms with van der Waals surface area (Å²) in [6.45, 7) is 6.24. The Kier molecular flexibility index (Phi) is 3.45. The fraction of sp³-hybridized carbons (Fsp3) is 0.438. The normalized spacial score (nSPS) is 16.4. The van der Waals surface area contributed by atoms with E-state index in [0.717, 1.165) is 10.9 Å². The van der Waals surface area contributed by atoms with Gasteiger partial charge in [0.05, 0.1) is 18.6 Å². The van der Waals surface area contributed by atoms with Crippen LogP contribution in [0.15, 0.2) is 24.4 Å². The molecule has 1 aliphatic heterocycles. The largest absolute Gasteiger partial charge is 0.378 e. The number of amides is 1. The van der Waals surface area contributed by atoms with Crippen LogP contribution in [0.2, 0.25) is 0 Å². The first kappa shape index (κ1) is 14.1. The molecule has 0 bridgehead atoms. The molecule has 1 aromatic heterocycles. The average molecular weight is 290 g/mol. The number of carbonyl (C=O) groups is 1. The van der Waals surface area contributed by atoms with Crippen LogP contribution in [-0.2, 0) is 14.9 Å². The smallest absolute Gasteiger partial charge is 0.232 e. The monoisotopic (exact) mass is 290 g/mol. The van der Waals surface area contributed by atoms with E-state index in [9.17, 15) is 9.18 Å². The summed E-state index contributed by atoms with van der Waals surface area (Å²) in [5, 5.41) is 0.892. The van der Waals surface area contributed by atoms with Gasteiger partial charge >= 0.3 is 0 Å². The van der Waals surface area contributed by atoms with Crippen LogP contribution >= 0.6 is 0 Å². The quantitative estimate of drug-likeness (QED) is 0.923. The van der Waals surface area contributed by atoms with Gasteiger partial charge in [0.1, 0.15) is 5.82 Å². The lowest BCUT2D eigenvalue weighted by molar-refractivity contribution is -0.140. The van der Waals surface area contributed by atoms with E-state index in [4.69, 9.17) is 4.74 Å². The van der Waals surface area contributed by atoms with Gasteiger partial charge in [-0.05, 0) is 37.6 Å². The molecule has 1 amide bonds. The van der Waals surface area contributed by atoms with E-state index in [-0.39, 0.29) is 11.7 Å². The van der Waals surface area contributed by atoms with Crippen LogP contribution < -0.4 is 0 Å². The minimum atomic E-state index is -0.659. The maximum Gasteiger partial charge on any atom is 0.232 e. The zero-order chi connectivity index (χ0) is 15.0. The molecule has 5 heteroatoms. The van der Waals surface area contributed by atoms with Crippen molar-refractivity contribution in [2.45, 2.75) is 19.3 Å². The van der Waals surface area contributed by atoms with Crippen LogP contribution in [0.1, 0.15) is 19.4 Å². The lowest BCUT2D eigenvalue weighted by atomic mass is 9.83. The number of benzene rings is 1. The van der Waals surface area contributed by atoms with Gasteiger partial charge in [-0.25, -0.2) is 4.39 Å². The fourth-order valence-corrected chi connectivity index (χ4v) is 2.89. The Morgan fingerprint density at radius 3 is 2.76 bits per heavy atom. The maximum absolute atomic E-state index is 13.3. The molecule has 1 saturated heterocycles. The molecular formula is C16H19FN2O2. The predicted molar refractivity (Wildman–Crippen MR) is 78.7 cm³/mol. The van der Waals surface area contributed by atoms with Crippen molar-refractivity contribution in [3.63, 3.8) is 0 Å². The minimum absolute atomic E-state index is 0.0797. The Bertz CT molecular complexity index is 672. The first-order valence-corrected chi connectivity index (χ1v) is 7.14. The van der Waals surface area contributed by atoms with E-state index >= 15 is 0 Å². The number of aromatic amines is 1. The summed E-state index contributed by atoms with van der Waals surface area (Å²) in [4.78, 5) is 17.7. The number of nitrogens with zero attached hydrogens (tertiary/aromatic N) is 1. The van der Waals surface area contributed by atoms with Gasteiger partial charge < -0.3 is 14.6 Å². The van der Waals surface area contributed by atoms with E-state index in [1.54, 1.807) is 6.07 Å². The highest BCUT2D eigenvalue weighted by molar-refractivity contribution is 5.94. The average Bonchev–Trinajstić information content (AvgIpc) is 2.91. The van der Waals surface area contributed by atoms with Gasteiger partial charge in [0.25, 0.3) is 0 Å². The lowest BCUT2D eigenvalue weighted by Gasteiger charge is -2.34. The second kappa shape index (κ2) is 5.15. The molecule has 0 radical (unpaired) electrons. The number of fused-ring (bicyclic) bond motifs is 1. The van der Waals surface area contributed by atoms with Crippen LogP contribution in [0.25, 0.3) is 10.9 Å². The molecule has 2 aromatic rings. The maximum atomic E-state index is 13.3. The fourth-order valence-electron chi connectivity index (χ4n) is 2.89. The van der Waals surface area contributed by atoms with Crippen molar-refractivity contribution in [2.24, 2.45) is 0 Å². The topological polar surface area (TPSA) is 45.3 Å². The zero-order valence-corrected chi connectivity index (χ0v) is 12.3. The molecule has 0 atom stereocenters. The van der Waals surface area contributed by atoms with Crippen LogP contribution in [-0.4, -0.2) is 42.1 Å². The summed E-state index contributed by atoms with van der Waals surface area (Å²) in [6.07, 6.45) is 1.81. The van der Waals surface area contributed by atoms with Crippen molar-refractivity contribution in [2.75, 3.05) is 26.3 Å². The first-order valence-electron chi connectivity index (χ1n) is 7.14. The molecule has 4 nitrogen and oxygen atoms in total. The Morgan fingerprint density at radius 2 is 2.05 bits per heavy atom. The number of hydrogen-bond acceptors (Lipinski definition) is 2. The van der Waals surface area contributed by atoms with E-state index < -0.39 is 5.41 Å². The van der Waals surface area contributed by atoms with Crippen LogP contribution in [0.5, 0.6) is 0 Å². The zero-order valence-electron chi connectivity index (χ0n) is 12.3. The molecule has 0 spiro atoms. The molecular weight excluding hydrogens is 271 g/mol. The van der Waals surface area contributed by atoms with E-state index in [2.05, 4.69) is 4.98 Å². The highest BCUT2D eigenvalue weighted by Gasteiger charge is 2.36. The molecule has 112 valence electrons. The molecule has 0 saturated carbocycles. The highest BCUT2D eigenvalue weighted by Crippen LogP contribution is 2.32. The lowest BCUT2D eigenvalue weighted by Crippen LogP contribution is -2.48. The summed E-state index contributed by atoms with van der Waals surface area (Å²) in [5.74, 6) is -0.204. The number of hydrogen-bond donors (Lipinski definition) is 1. The first-order chi connectivity index (χ1) is 10.00. The van der Waals surface area contributed by atoms with E-state index in [1.807, 2.05) is 24.9 Å². The molecule has 21 heavy (non-hydrogen) atoms. The molecule has 1 aliphatic rings. The van der Waals surface area contributed by atoms with Gasteiger partial charge in [-0.3, -0.25) is 4.79 Å². The van der Waals surface area contributed by atoms with Crippen LogP contribution in [0.4, 0.5) is 4.39 Å². The van der Waals surface area contributed by atoms with Gasteiger partial charge in [-0.2, -0.15) is 0 Å². The van der Waals surface area contributed by atoms with Gasteiger partial charge in [-0.15, -0.1) is 0 Å². The Labute approximate surface area is 122 Å². The van der Waals surface area contributed by atoms with Crippen LogP contribution in [0.3, 0.4) is 0 Å². The number of ether oxygens (including phenoxy) is 1. The molecule has 1 N–H and O–H groups in total. The van der Waals surface area contributed by atoms with Gasteiger partial charge in [0.15, 0.2) is 0 Å². The third-order valence-electron chi connectivity index (χ3n) is 4.15. The van der Waals surface area contributed by atoms with Gasteiger partial charge in [0, 0.05) is 30.2 Å². The summed E-state index contributed by atoms with van der Waals surface area (Å²) in [6, 6.07) is 4.61. The molecule has 1 fully saturated rings. The summed E-state index contributed by atoms with van der Waals surface area (Å²) < 4.78 is 18.6.